The second kappa shape index (κ2) is 5.30. The number of rotatable bonds is 4. The fraction of sp³-hybridized carbons (Fsp3) is 0.692. The topological polar surface area (TPSA) is 15.3 Å². The Bertz CT molecular complexity index is 326. The molecule has 0 amide bonds. The first kappa shape index (κ1) is 12.1. The fourth-order valence-electron chi connectivity index (χ4n) is 2.46. The molecule has 1 aromatic heterocycles. The summed E-state index contributed by atoms with van der Waals surface area (Å²) >= 11 is 1.96. The Labute approximate surface area is 103 Å². The number of hydrogen-bond donors (Lipinski definition) is 1. The summed E-state index contributed by atoms with van der Waals surface area (Å²) in [6.45, 7) is 9.28. The van der Waals surface area contributed by atoms with Gasteiger partial charge >= 0.3 is 0 Å². The smallest absolute Gasteiger partial charge is 0.0328 e. The first-order valence-electron chi connectivity index (χ1n) is 6.12. The summed E-state index contributed by atoms with van der Waals surface area (Å²) in [5.41, 5.74) is 1.45. The lowest BCUT2D eigenvalue weighted by Gasteiger charge is -2.14. The van der Waals surface area contributed by atoms with Crippen molar-refractivity contribution >= 4 is 11.3 Å². The molecule has 1 aliphatic rings. The van der Waals surface area contributed by atoms with Gasteiger partial charge in [-0.3, -0.25) is 4.90 Å². The van der Waals surface area contributed by atoms with E-state index in [1.165, 1.54) is 41.4 Å². The molecular formula is C13H22N2S. The highest BCUT2D eigenvalue weighted by molar-refractivity contribution is 7.12. The molecule has 1 aliphatic heterocycles. The summed E-state index contributed by atoms with van der Waals surface area (Å²) in [6.07, 6.45) is 1.35. The lowest BCUT2D eigenvalue weighted by molar-refractivity contribution is 0.318. The van der Waals surface area contributed by atoms with Crippen molar-refractivity contribution in [2.75, 3.05) is 26.7 Å². The number of likely N-dealkylation sites (tertiary alicyclic amines) is 1. The number of aryl methyl sites for hydroxylation is 2. The van der Waals surface area contributed by atoms with Crippen LogP contribution in [-0.4, -0.2) is 31.6 Å². The van der Waals surface area contributed by atoms with Gasteiger partial charge in [-0.05, 0) is 58.0 Å². The number of nitrogens with one attached hydrogen (secondary N) is 1. The summed E-state index contributed by atoms with van der Waals surface area (Å²) in [7, 11) is 2.05. The minimum atomic E-state index is 0.854. The van der Waals surface area contributed by atoms with E-state index in [-0.39, 0.29) is 0 Å². The van der Waals surface area contributed by atoms with Gasteiger partial charge in [-0.15, -0.1) is 11.3 Å². The third-order valence-electron chi connectivity index (χ3n) is 3.46. The van der Waals surface area contributed by atoms with Crippen LogP contribution in [0.4, 0.5) is 0 Å². The molecule has 2 rings (SSSR count). The molecule has 0 spiro atoms. The molecule has 0 aromatic carbocycles. The zero-order chi connectivity index (χ0) is 11.5. The number of thiophene rings is 1. The van der Waals surface area contributed by atoms with Gasteiger partial charge < -0.3 is 5.32 Å². The van der Waals surface area contributed by atoms with E-state index in [4.69, 9.17) is 0 Å². The molecule has 1 N–H and O–H groups in total. The summed E-state index contributed by atoms with van der Waals surface area (Å²) < 4.78 is 0. The van der Waals surface area contributed by atoms with Crippen LogP contribution in [0.15, 0.2) is 6.07 Å². The Morgan fingerprint density at radius 3 is 2.94 bits per heavy atom. The van der Waals surface area contributed by atoms with E-state index in [2.05, 4.69) is 37.2 Å². The van der Waals surface area contributed by atoms with Crippen LogP contribution in [-0.2, 0) is 6.54 Å². The molecule has 3 heteroatoms. The fourth-order valence-corrected chi connectivity index (χ4v) is 3.56. The van der Waals surface area contributed by atoms with Gasteiger partial charge in [0.2, 0.25) is 0 Å². The van der Waals surface area contributed by atoms with Crippen molar-refractivity contribution in [1.29, 1.82) is 0 Å². The van der Waals surface area contributed by atoms with Crippen LogP contribution < -0.4 is 5.32 Å². The molecule has 2 nitrogen and oxygen atoms in total. The van der Waals surface area contributed by atoms with Gasteiger partial charge in [-0.25, -0.2) is 0 Å². The predicted octanol–water partition coefficient (Wildman–Crippen LogP) is 2.41. The molecule has 1 saturated heterocycles. The molecule has 0 radical (unpaired) electrons. The molecule has 2 heterocycles. The molecule has 1 aromatic rings. The van der Waals surface area contributed by atoms with Gasteiger partial charge in [0, 0.05) is 22.8 Å². The average Bonchev–Trinajstić information content (AvgIpc) is 2.77. The van der Waals surface area contributed by atoms with Crippen molar-refractivity contribution in [3.8, 4) is 0 Å². The standard InChI is InChI=1S/C13H22N2S/c1-10-6-13(16-11(10)2)9-15-5-4-12(8-15)7-14-3/h6,12,14H,4-5,7-9H2,1-3H3. The van der Waals surface area contributed by atoms with Crippen molar-refractivity contribution in [3.63, 3.8) is 0 Å². The maximum Gasteiger partial charge on any atom is 0.0328 e. The van der Waals surface area contributed by atoms with Gasteiger partial charge in [0.15, 0.2) is 0 Å². The molecule has 90 valence electrons. The van der Waals surface area contributed by atoms with E-state index in [0.29, 0.717) is 0 Å². The molecule has 0 aliphatic carbocycles. The van der Waals surface area contributed by atoms with Crippen LogP contribution in [0.3, 0.4) is 0 Å². The molecule has 1 unspecified atom stereocenters. The Morgan fingerprint density at radius 1 is 1.50 bits per heavy atom. The predicted molar refractivity (Wildman–Crippen MR) is 71.1 cm³/mol. The van der Waals surface area contributed by atoms with Gasteiger partial charge in [-0.2, -0.15) is 0 Å². The van der Waals surface area contributed by atoms with Gasteiger partial charge in [-0.1, -0.05) is 0 Å². The Morgan fingerprint density at radius 2 is 2.31 bits per heavy atom. The molecule has 1 atom stereocenters. The highest BCUT2D eigenvalue weighted by atomic mass is 32.1. The SMILES string of the molecule is CNCC1CCN(Cc2cc(C)c(C)s2)C1. The van der Waals surface area contributed by atoms with Crippen LogP contribution in [0.2, 0.25) is 0 Å². The molecular weight excluding hydrogens is 216 g/mol. The van der Waals surface area contributed by atoms with E-state index in [1.807, 2.05) is 11.3 Å². The monoisotopic (exact) mass is 238 g/mol. The zero-order valence-electron chi connectivity index (χ0n) is 10.5. The van der Waals surface area contributed by atoms with Gasteiger partial charge in [0.05, 0.1) is 0 Å². The van der Waals surface area contributed by atoms with Crippen LogP contribution in [0.25, 0.3) is 0 Å². The van der Waals surface area contributed by atoms with Crippen molar-refractivity contribution in [2.45, 2.75) is 26.8 Å². The van der Waals surface area contributed by atoms with Crippen molar-refractivity contribution in [1.82, 2.24) is 10.2 Å². The maximum atomic E-state index is 3.28. The van der Waals surface area contributed by atoms with E-state index >= 15 is 0 Å². The normalized spacial score (nSPS) is 21.8. The second-order valence-electron chi connectivity index (χ2n) is 4.90. The lowest BCUT2D eigenvalue weighted by atomic mass is 10.1. The lowest BCUT2D eigenvalue weighted by Crippen LogP contribution is -2.24. The molecule has 1 fully saturated rings. The highest BCUT2D eigenvalue weighted by Gasteiger charge is 2.22. The van der Waals surface area contributed by atoms with Crippen molar-refractivity contribution in [2.24, 2.45) is 5.92 Å². The second-order valence-corrected chi connectivity index (χ2v) is 6.24. The van der Waals surface area contributed by atoms with Crippen molar-refractivity contribution in [3.05, 3.63) is 21.4 Å². The van der Waals surface area contributed by atoms with Gasteiger partial charge in [0.1, 0.15) is 0 Å². The summed E-state index contributed by atoms with van der Waals surface area (Å²) in [5, 5.41) is 3.28. The van der Waals surface area contributed by atoms with Crippen LogP contribution in [0, 0.1) is 19.8 Å². The van der Waals surface area contributed by atoms with Crippen LogP contribution in [0.1, 0.15) is 21.7 Å². The van der Waals surface area contributed by atoms with Crippen molar-refractivity contribution < 1.29 is 0 Å². The van der Waals surface area contributed by atoms with Gasteiger partial charge in [0.25, 0.3) is 0 Å². The minimum Gasteiger partial charge on any atom is -0.319 e. The third-order valence-corrected chi connectivity index (χ3v) is 4.60. The molecule has 0 bridgehead atoms. The summed E-state index contributed by atoms with van der Waals surface area (Å²) in [6, 6.07) is 2.35. The van der Waals surface area contributed by atoms with E-state index in [9.17, 15) is 0 Å². The first-order valence-corrected chi connectivity index (χ1v) is 6.93. The largest absolute Gasteiger partial charge is 0.319 e. The van der Waals surface area contributed by atoms with E-state index < -0.39 is 0 Å². The number of nitrogens with zero attached hydrogens (tertiary/aromatic N) is 1. The molecule has 0 saturated carbocycles. The number of hydrogen-bond acceptors (Lipinski definition) is 3. The Kier molecular flexibility index (Phi) is 4.00. The van der Waals surface area contributed by atoms with E-state index in [0.717, 1.165) is 12.5 Å². The summed E-state index contributed by atoms with van der Waals surface area (Å²) in [5.74, 6) is 0.854. The highest BCUT2D eigenvalue weighted by Crippen LogP contribution is 2.24. The quantitative estimate of drug-likeness (QED) is 0.866. The zero-order valence-corrected chi connectivity index (χ0v) is 11.4. The van der Waals surface area contributed by atoms with Crippen LogP contribution in [0.5, 0.6) is 0 Å². The molecule has 16 heavy (non-hydrogen) atoms. The first-order chi connectivity index (χ1) is 7.69. The average molecular weight is 238 g/mol. The van der Waals surface area contributed by atoms with E-state index in [1.54, 1.807) is 0 Å². The summed E-state index contributed by atoms with van der Waals surface area (Å²) in [4.78, 5) is 5.59. The maximum absolute atomic E-state index is 3.28. The third kappa shape index (κ3) is 2.84. The van der Waals surface area contributed by atoms with Crippen LogP contribution >= 0.6 is 11.3 Å². The Balaban J connectivity index is 1.87. The minimum absolute atomic E-state index is 0.854. The Hall–Kier alpha value is -0.380.